The largest absolute Gasteiger partial charge is 0.399 e. The van der Waals surface area contributed by atoms with Crippen LogP contribution < -0.4 is 10.6 Å². The van der Waals surface area contributed by atoms with Gasteiger partial charge in [0, 0.05) is 18.8 Å². The van der Waals surface area contributed by atoms with Gasteiger partial charge in [-0.15, -0.1) is 0 Å². The summed E-state index contributed by atoms with van der Waals surface area (Å²) in [5.74, 6) is 0.794. The van der Waals surface area contributed by atoms with Crippen LogP contribution in [0.3, 0.4) is 0 Å². The highest BCUT2D eigenvalue weighted by Crippen LogP contribution is 2.37. The van der Waals surface area contributed by atoms with Gasteiger partial charge < -0.3 is 10.6 Å². The number of hydrogen-bond acceptors (Lipinski definition) is 2. The summed E-state index contributed by atoms with van der Waals surface area (Å²) in [6.07, 6.45) is 2.38. The molecule has 0 radical (unpaired) electrons. The first-order valence-electron chi connectivity index (χ1n) is 5.57. The minimum absolute atomic E-state index is 0.615. The van der Waals surface area contributed by atoms with Crippen molar-refractivity contribution in [3.63, 3.8) is 0 Å². The SMILES string of the molecule is CC1CCN(c2c(Cl)cc(N)cc2Cl)CC1. The Morgan fingerprint density at radius 2 is 1.69 bits per heavy atom. The fourth-order valence-corrected chi connectivity index (χ4v) is 2.86. The smallest absolute Gasteiger partial charge is 0.0746 e. The Morgan fingerprint density at radius 1 is 1.19 bits per heavy atom. The lowest BCUT2D eigenvalue weighted by Gasteiger charge is -2.33. The molecule has 1 aliphatic heterocycles. The summed E-state index contributed by atoms with van der Waals surface area (Å²) in [5, 5.41) is 1.30. The molecule has 2 nitrogen and oxygen atoms in total. The Labute approximate surface area is 106 Å². The van der Waals surface area contributed by atoms with Crippen LogP contribution >= 0.6 is 23.2 Å². The van der Waals surface area contributed by atoms with Crippen LogP contribution in [0.1, 0.15) is 19.8 Å². The molecule has 1 fully saturated rings. The molecule has 2 rings (SSSR count). The number of nitrogens with two attached hydrogens (primary N) is 1. The summed E-state index contributed by atoms with van der Waals surface area (Å²) in [5.41, 5.74) is 7.24. The van der Waals surface area contributed by atoms with Gasteiger partial charge in [0.25, 0.3) is 0 Å². The number of nitrogen functional groups attached to an aromatic ring is 1. The molecule has 1 aromatic carbocycles. The van der Waals surface area contributed by atoms with E-state index in [4.69, 9.17) is 28.9 Å². The van der Waals surface area contributed by atoms with Crippen LogP contribution in [0, 0.1) is 5.92 Å². The molecule has 0 amide bonds. The van der Waals surface area contributed by atoms with Gasteiger partial charge in [0.15, 0.2) is 0 Å². The zero-order chi connectivity index (χ0) is 11.7. The minimum Gasteiger partial charge on any atom is -0.399 e. The predicted octanol–water partition coefficient (Wildman–Crippen LogP) is 3.81. The zero-order valence-corrected chi connectivity index (χ0v) is 10.9. The Balaban J connectivity index is 2.26. The average Bonchev–Trinajstić information content (AvgIpc) is 2.19. The van der Waals surface area contributed by atoms with E-state index in [2.05, 4.69) is 11.8 Å². The van der Waals surface area contributed by atoms with Gasteiger partial charge in [-0.25, -0.2) is 0 Å². The third kappa shape index (κ3) is 2.38. The molecule has 0 unspecified atom stereocenters. The maximum absolute atomic E-state index is 6.20. The molecular weight excluding hydrogens is 243 g/mol. The van der Waals surface area contributed by atoms with Crippen LogP contribution in [0.15, 0.2) is 12.1 Å². The van der Waals surface area contributed by atoms with E-state index in [1.54, 1.807) is 12.1 Å². The molecule has 4 heteroatoms. The lowest BCUT2D eigenvalue weighted by atomic mass is 9.99. The van der Waals surface area contributed by atoms with Gasteiger partial charge >= 0.3 is 0 Å². The van der Waals surface area contributed by atoms with Crippen LogP contribution in [-0.4, -0.2) is 13.1 Å². The maximum atomic E-state index is 6.20. The summed E-state index contributed by atoms with van der Waals surface area (Å²) < 4.78 is 0. The van der Waals surface area contributed by atoms with E-state index < -0.39 is 0 Å². The lowest BCUT2D eigenvalue weighted by molar-refractivity contribution is 0.438. The van der Waals surface area contributed by atoms with Crippen molar-refractivity contribution in [2.75, 3.05) is 23.7 Å². The number of anilines is 2. The van der Waals surface area contributed by atoms with Crippen LogP contribution in [-0.2, 0) is 0 Å². The number of nitrogens with zero attached hydrogens (tertiary/aromatic N) is 1. The highest BCUT2D eigenvalue weighted by atomic mass is 35.5. The molecule has 0 bridgehead atoms. The van der Waals surface area contributed by atoms with Gasteiger partial charge in [0.2, 0.25) is 0 Å². The molecule has 1 aliphatic rings. The van der Waals surface area contributed by atoms with Crippen molar-refractivity contribution in [3.05, 3.63) is 22.2 Å². The molecule has 2 N–H and O–H groups in total. The normalized spacial score (nSPS) is 17.8. The van der Waals surface area contributed by atoms with E-state index in [9.17, 15) is 0 Å². The van der Waals surface area contributed by atoms with Crippen molar-refractivity contribution in [1.29, 1.82) is 0 Å². The molecular formula is C12H16Cl2N2. The number of rotatable bonds is 1. The number of hydrogen-bond donors (Lipinski definition) is 1. The summed E-state index contributed by atoms with van der Waals surface area (Å²) in [7, 11) is 0. The second-order valence-corrected chi connectivity index (χ2v) is 5.32. The fraction of sp³-hybridized carbons (Fsp3) is 0.500. The number of halogens is 2. The summed E-state index contributed by atoms with van der Waals surface area (Å²) in [6, 6.07) is 3.53. The molecule has 0 saturated carbocycles. The predicted molar refractivity (Wildman–Crippen MR) is 71.5 cm³/mol. The van der Waals surface area contributed by atoms with E-state index in [1.807, 2.05) is 0 Å². The minimum atomic E-state index is 0.615. The first kappa shape index (κ1) is 11.9. The Bertz CT molecular complexity index is 362. The van der Waals surface area contributed by atoms with Crippen LogP contribution in [0.4, 0.5) is 11.4 Å². The van der Waals surface area contributed by atoms with E-state index >= 15 is 0 Å². The monoisotopic (exact) mass is 258 g/mol. The summed E-state index contributed by atoms with van der Waals surface area (Å²) in [6.45, 7) is 4.32. The van der Waals surface area contributed by atoms with Crippen LogP contribution in [0.25, 0.3) is 0 Å². The van der Waals surface area contributed by atoms with E-state index in [-0.39, 0.29) is 0 Å². The van der Waals surface area contributed by atoms with Gasteiger partial charge in [-0.05, 0) is 30.9 Å². The highest BCUT2D eigenvalue weighted by molar-refractivity contribution is 6.39. The third-order valence-electron chi connectivity index (χ3n) is 3.14. The molecule has 0 atom stereocenters. The van der Waals surface area contributed by atoms with Crippen molar-refractivity contribution < 1.29 is 0 Å². The topological polar surface area (TPSA) is 29.3 Å². The summed E-state index contributed by atoms with van der Waals surface area (Å²) in [4.78, 5) is 2.25. The van der Waals surface area contributed by atoms with Crippen molar-refractivity contribution in [3.8, 4) is 0 Å². The van der Waals surface area contributed by atoms with E-state index in [0.29, 0.717) is 15.7 Å². The third-order valence-corrected chi connectivity index (χ3v) is 3.72. The molecule has 0 aromatic heterocycles. The lowest BCUT2D eigenvalue weighted by Crippen LogP contribution is -2.33. The van der Waals surface area contributed by atoms with Crippen LogP contribution in [0.2, 0.25) is 10.0 Å². The Morgan fingerprint density at radius 3 is 2.19 bits per heavy atom. The first-order valence-corrected chi connectivity index (χ1v) is 6.33. The van der Waals surface area contributed by atoms with Crippen molar-refractivity contribution in [2.45, 2.75) is 19.8 Å². The molecule has 1 aromatic rings. The Hall–Kier alpha value is -0.600. The molecule has 88 valence electrons. The average molecular weight is 259 g/mol. The first-order chi connectivity index (χ1) is 7.58. The van der Waals surface area contributed by atoms with Crippen molar-refractivity contribution in [1.82, 2.24) is 0 Å². The molecule has 0 aliphatic carbocycles. The maximum Gasteiger partial charge on any atom is 0.0746 e. The van der Waals surface area contributed by atoms with E-state index in [0.717, 1.165) is 24.7 Å². The number of piperidine rings is 1. The highest BCUT2D eigenvalue weighted by Gasteiger charge is 2.20. The van der Waals surface area contributed by atoms with Gasteiger partial charge in [-0.3, -0.25) is 0 Å². The summed E-state index contributed by atoms with van der Waals surface area (Å²) >= 11 is 12.4. The molecule has 16 heavy (non-hydrogen) atoms. The molecule has 1 saturated heterocycles. The zero-order valence-electron chi connectivity index (χ0n) is 9.34. The standard InChI is InChI=1S/C12H16Cl2N2/c1-8-2-4-16(5-3-8)12-10(13)6-9(15)7-11(12)14/h6-8H,2-5,15H2,1H3. The molecule has 1 heterocycles. The van der Waals surface area contributed by atoms with Gasteiger partial charge in [-0.2, -0.15) is 0 Å². The second kappa shape index (κ2) is 4.72. The van der Waals surface area contributed by atoms with Crippen molar-refractivity contribution >= 4 is 34.6 Å². The van der Waals surface area contributed by atoms with Gasteiger partial charge in [-0.1, -0.05) is 30.1 Å². The fourth-order valence-electron chi connectivity index (χ4n) is 2.12. The Kier molecular flexibility index (Phi) is 3.50. The quantitative estimate of drug-likeness (QED) is 0.777. The number of benzene rings is 1. The van der Waals surface area contributed by atoms with Gasteiger partial charge in [0.05, 0.1) is 15.7 Å². The van der Waals surface area contributed by atoms with Crippen molar-refractivity contribution in [2.24, 2.45) is 5.92 Å². The van der Waals surface area contributed by atoms with Crippen LogP contribution in [0.5, 0.6) is 0 Å². The second-order valence-electron chi connectivity index (χ2n) is 4.50. The van der Waals surface area contributed by atoms with Gasteiger partial charge in [0.1, 0.15) is 0 Å². The van der Waals surface area contributed by atoms with E-state index in [1.165, 1.54) is 12.8 Å². The molecule has 0 spiro atoms.